The molecule has 0 aliphatic carbocycles. The van der Waals surface area contributed by atoms with E-state index in [1.807, 2.05) is 0 Å². The summed E-state index contributed by atoms with van der Waals surface area (Å²) in [7, 11) is 0. The molecule has 0 aliphatic rings. The van der Waals surface area contributed by atoms with Gasteiger partial charge in [-0.2, -0.15) is 5.26 Å². The number of hydrogen-bond acceptors (Lipinski definition) is 5. The highest BCUT2D eigenvalue weighted by atomic mass is 19.3. The van der Waals surface area contributed by atoms with Crippen LogP contribution in [0.4, 0.5) is 14.6 Å². The number of aliphatic hydroxyl groups is 1. The van der Waals surface area contributed by atoms with Gasteiger partial charge in [-0.3, -0.25) is 0 Å². The summed E-state index contributed by atoms with van der Waals surface area (Å²) < 4.78 is 24.9. The normalized spacial score (nSPS) is 10.2. The minimum absolute atomic E-state index is 0.459. The van der Waals surface area contributed by atoms with E-state index in [4.69, 9.17) is 10.4 Å². The predicted octanol–water partition coefficient (Wildman–Crippen LogP) is 1.29. The van der Waals surface area contributed by atoms with Crippen LogP contribution in [-0.4, -0.2) is 15.0 Å². The summed E-state index contributed by atoms with van der Waals surface area (Å²) in [6, 6.07) is 1.39. The number of nitro groups is 1. The smallest absolute Gasteiger partial charge is 0.381 e. The van der Waals surface area contributed by atoms with Crippen LogP contribution in [0.3, 0.4) is 0 Å². The van der Waals surface area contributed by atoms with Gasteiger partial charge in [-0.05, 0) is 9.91 Å². The molecular formula is C8H5F2N3O3. The Morgan fingerprint density at radius 1 is 1.69 bits per heavy atom. The van der Waals surface area contributed by atoms with Crippen LogP contribution >= 0.6 is 0 Å². The molecular weight excluding hydrogens is 224 g/mol. The molecule has 1 aromatic rings. The van der Waals surface area contributed by atoms with Gasteiger partial charge in [0, 0.05) is 5.56 Å². The topological polar surface area (TPSA) is 100 Å². The summed E-state index contributed by atoms with van der Waals surface area (Å²) >= 11 is 0. The third-order valence-electron chi connectivity index (χ3n) is 1.88. The molecule has 1 N–H and O–H groups in total. The summed E-state index contributed by atoms with van der Waals surface area (Å²) in [6.07, 6.45) is -2.36. The zero-order chi connectivity index (χ0) is 12.3. The first kappa shape index (κ1) is 11.9. The second kappa shape index (κ2) is 4.59. The van der Waals surface area contributed by atoms with Crippen molar-refractivity contribution in [2.75, 3.05) is 0 Å². The Labute approximate surface area is 87.9 Å². The number of pyridine rings is 1. The van der Waals surface area contributed by atoms with Crippen molar-refractivity contribution in [2.45, 2.75) is 13.0 Å². The maximum Gasteiger partial charge on any atom is 0.381 e. The molecule has 0 atom stereocenters. The lowest BCUT2D eigenvalue weighted by atomic mass is 10.1. The molecule has 0 spiro atoms. The molecule has 0 aromatic carbocycles. The van der Waals surface area contributed by atoms with Crippen LogP contribution < -0.4 is 0 Å². The number of aliphatic hydroxyl groups excluding tert-OH is 1. The predicted molar refractivity (Wildman–Crippen MR) is 46.5 cm³/mol. The van der Waals surface area contributed by atoms with E-state index in [2.05, 4.69) is 4.98 Å². The van der Waals surface area contributed by atoms with Gasteiger partial charge in [-0.1, -0.05) is 0 Å². The van der Waals surface area contributed by atoms with Gasteiger partial charge in [0.1, 0.15) is 12.3 Å². The van der Waals surface area contributed by atoms with Crippen LogP contribution in [0, 0.1) is 21.4 Å². The molecule has 0 bridgehead atoms. The number of nitrogens with zero attached hydrogens (tertiary/aromatic N) is 3. The van der Waals surface area contributed by atoms with Crippen molar-refractivity contribution in [1.29, 1.82) is 5.26 Å². The molecule has 1 aromatic heterocycles. The van der Waals surface area contributed by atoms with E-state index in [1.54, 1.807) is 0 Å². The van der Waals surface area contributed by atoms with Gasteiger partial charge in [-0.25, -0.2) is 8.78 Å². The lowest BCUT2D eigenvalue weighted by Gasteiger charge is -2.06. The first-order valence-corrected chi connectivity index (χ1v) is 3.98. The molecule has 0 radical (unpaired) electrons. The summed E-state index contributed by atoms with van der Waals surface area (Å²) in [4.78, 5) is 12.7. The maximum absolute atomic E-state index is 12.4. The first-order chi connectivity index (χ1) is 7.52. The summed E-state index contributed by atoms with van der Waals surface area (Å²) in [6.45, 7) is -0.883. The Balaban J connectivity index is 3.54. The number of halogens is 2. The van der Waals surface area contributed by atoms with Gasteiger partial charge in [0.05, 0.1) is 12.2 Å². The van der Waals surface area contributed by atoms with Gasteiger partial charge in [0.25, 0.3) is 6.43 Å². The van der Waals surface area contributed by atoms with Crippen molar-refractivity contribution in [3.63, 3.8) is 0 Å². The van der Waals surface area contributed by atoms with Gasteiger partial charge in [0.15, 0.2) is 5.56 Å². The molecule has 0 fully saturated rings. The monoisotopic (exact) mass is 229 g/mol. The number of rotatable bonds is 3. The number of aromatic nitrogens is 1. The lowest BCUT2D eigenvalue weighted by molar-refractivity contribution is -0.389. The first-order valence-electron chi connectivity index (χ1n) is 3.98. The van der Waals surface area contributed by atoms with Crippen molar-refractivity contribution in [3.8, 4) is 6.07 Å². The SMILES string of the molecule is N#Cc1c([N+](=O)[O-])ncc(C(F)F)c1CO. The van der Waals surface area contributed by atoms with Crippen molar-refractivity contribution < 1.29 is 18.8 Å². The van der Waals surface area contributed by atoms with Crippen molar-refractivity contribution >= 4 is 5.82 Å². The zero-order valence-corrected chi connectivity index (χ0v) is 7.72. The fourth-order valence-corrected chi connectivity index (χ4v) is 1.17. The van der Waals surface area contributed by atoms with Crippen LogP contribution in [0.25, 0.3) is 0 Å². The quantitative estimate of drug-likeness (QED) is 0.621. The third-order valence-corrected chi connectivity index (χ3v) is 1.88. The molecule has 0 amide bonds. The maximum atomic E-state index is 12.4. The van der Waals surface area contributed by atoms with E-state index in [9.17, 15) is 18.9 Å². The van der Waals surface area contributed by atoms with Crippen LogP contribution in [0.1, 0.15) is 23.1 Å². The van der Waals surface area contributed by atoms with E-state index in [-0.39, 0.29) is 0 Å². The number of nitriles is 1. The van der Waals surface area contributed by atoms with Gasteiger partial charge in [-0.15, -0.1) is 0 Å². The van der Waals surface area contributed by atoms with Crippen molar-refractivity contribution in [2.24, 2.45) is 0 Å². The Morgan fingerprint density at radius 3 is 2.69 bits per heavy atom. The number of alkyl halides is 2. The second-order valence-corrected chi connectivity index (χ2v) is 2.72. The molecule has 1 heterocycles. The molecule has 0 saturated carbocycles. The second-order valence-electron chi connectivity index (χ2n) is 2.72. The molecule has 0 aliphatic heterocycles. The van der Waals surface area contributed by atoms with E-state index in [0.717, 1.165) is 0 Å². The van der Waals surface area contributed by atoms with E-state index >= 15 is 0 Å². The van der Waals surface area contributed by atoms with Crippen LogP contribution in [0.2, 0.25) is 0 Å². The average Bonchev–Trinajstić information content (AvgIpc) is 2.26. The highest BCUT2D eigenvalue weighted by Gasteiger charge is 2.26. The minimum Gasteiger partial charge on any atom is -0.392 e. The molecule has 16 heavy (non-hydrogen) atoms. The highest BCUT2D eigenvalue weighted by Crippen LogP contribution is 2.28. The summed E-state index contributed by atoms with van der Waals surface area (Å²) in [5.74, 6) is -0.837. The molecule has 6 nitrogen and oxygen atoms in total. The van der Waals surface area contributed by atoms with Crippen molar-refractivity contribution in [1.82, 2.24) is 4.98 Å². The largest absolute Gasteiger partial charge is 0.392 e. The Hall–Kier alpha value is -2.14. The van der Waals surface area contributed by atoms with Gasteiger partial charge < -0.3 is 15.2 Å². The molecule has 84 valence electrons. The third kappa shape index (κ3) is 1.94. The van der Waals surface area contributed by atoms with Gasteiger partial charge >= 0.3 is 5.82 Å². The Morgan fingerprint density at radius 2 is 2.31 bits per heavy atom. The minimum atomic E-state index is -2.96. The van der Waals surface area contributed by atoms with E-state index < -0.39 is 40.5 Å². The summed E-state index contributed by atoms with van der Waals surface area (Å²) in [5.41, 5.74) is -1.77. The molecule has 8 heteroatoms. The fraction of sp³-hybridized carbons (Fsp3) is 0.250. The average molecular weight is 229 g/mol. The fourth-order valence-electron chi connectivity index (χ4n) is 1.17. The van der Waals surface area contributed by atoms with Crippen LogP contribution in [0.15, 0.2) is 6.20 Å². The number of hydrogen-bond donors (Lipinski definition) is 1. The molecule has 0 saturated heterocycles. The van der Waals surface area contributed by atoms with Crippen LogP contribution in [0.5, 0.6) is 0 Å². The van der Waals surface area contributed by atoms with Gasteiger partial charge in [0.2, 0.25) is 0 Å². The van der Waals surface area contributed by atoms with E-state index in [1.165, 1.54) is 6.07 Å². The van der Waals surface area contributed by atoms with E-state index in [0.29, 0.717) is 6.20 Å². The summed E-state index contributed by atoms with van der Waals surface area (Å²) in [5, 5.41) is 27.9. The Bertz CT molecular complexity index is 470. The zero-order valence-electron chi connectivity index (χ0n) is 7.72. The molecule has 1 rings (SSSR count). The standard InChI is InChI=1S/C8H5F2N3O3/c9-7(10)5-2-12-8(13(15)16)4(1-11)6(5)3-14/h2,7,14H,3H2. The molecule has 0 unspecified atom stereocenters. The van der Waals surface area contributed by atoms with Crippen molar-refractivity contribution in [3.05, 3.63) is 33.0 Å². The Kier molecular flexibility index (Phi) is 3.42. The highest BCUT2D eigenvalue weighted by molar-refractivity contribution is 5.51. The lowest BCUT2D eigenvalue weighted by Crippen LogP contribution is -2.05. The van der Waals surface area contributed by atoms with Crippen LogP contribution in [-0.2, 0) is 6.61 Å².